The largest absolute Gasteiger partial charge is 0.506 e. The van der Waals surface area contributed by atoms with Crippen molar-refractivity contribution in [3.8, 4) is 11.5 Å². The third-order valence-electron chi connectivity index (χ3n) is 12.9. The Morgan fingerprint density at radius 3 is 1.37 bits per heavy atom. The van der Waals surface area contributed by atoms with Gasteiger partial charge in [-0.3, -0.25) is 0 Å². The third kappa shape index (κ3) is 3.14. The number of halogens is 2. The lowest BCUT2D eigenvalue weighted by Gasteiger charge is -2.77. The monoisotopic (exact) mass is 550 g/mol. The van der Waals surface area contributed by atoms with Crippen LogP contribution in [0.1, 0.15) is 102 Å². The summed E-state index contributed by atoms with van der Waals surface area (Å²) in [6.07, 6.45) is 15.9. The molecular formula is C34H40Cl2O2. The van der Waals surface area contributed by atoms with Crippen molar-refractivity contribution in [1.29, 1.82) is 0 Å². The van der Waals surface area contributed by atoms with Gasteiger partial charge in [0.15, 0.2) is 0 Å². The molecule has 0 heterocycles. The third-order valence-corrected chi connectivity index (χ3v) is 13.5. The zero-order chi connectivity index (χ0) is 26.3. The van der Waals surface area contributed by atoms with Crippen LogP contribution in [-0.4, -0.2) is 10.2 Å². The van der Waals surface area contributed by atoms with E-state index < -0.39 is 0 Å². The topological polar surface area (TPSA) is 40.5 Å². The van der Waals surface area contributed by atoms with Crippen molar-refractivity contribution in [2.24, 2.45) is 33.5 Å². The molecule has 2 nitrogen and oxygen atoms in total. The van der Waals surface area contributed by atoms with Crippen LogP contribution in [0.25, 0.3) is 0 Å². The Kier molecular flexibility index (Phi) is 4.67. The lowest BCUT2D eigenvalue weighted by atomic mass is 9.27. The van der Waals surface area contributed by atoms with Gasteiger partial charge in [-0.15, -0.1) is 0 Å². The molecule has 8 atom stereocenters. The van der Waals surface area contributed by atoms with Crippen molar-refractivity contribution in [3.63, 3.8) is 0 Å². The average Bonchev–Trinajstić information content (AvgIpc) is 2.79. The first kappa shape index (κ1) is 24.4. The minimum atomic E-state index is 0.171. The Morgan fingerprint density at radius 2 is 1.00 bits per heavy atom. The van der Waals surface area contributed by atoms with E-state index in [0.717, 1.165) is 11.8 Å². The predicted octanol–water partition coefficient (Wildman–Crippen LogP) is 9.56. The fourth-order valence-corrected chi connectivity index (χ4v) is 13.7. The normalized spacial score (nSPS) is 48.1. The Bertz CT molecular complexity index is 1270. The molecule has 202 valence electrons. The highest BCUT2D eigenvalue weighted by Gasteiger charge is 2.73. The summed E-state index contributed by atoms with van der Waals surface area (Å²) in [7, 11) is 0. The maximum absolute atomic E-state index is 10.2. The van der Waals surface area contributed by atoms with Crippen molar-refractivity contribution in [2.75, 3.05) is 0 Å². The molecule has 8 unspecified atom stereocenters. The maximum Gasteiger partial charge on any atom is 0.134 e. The zero-order valence-electron chi connectivity index (χ0n) is 22.8. The van der Waals surface area contributed by atoms with Gasteiger partial charge >= 0.3 is 0 Å². The van der Waals surface area contributed by atoms with E-state index in [1.54, 1.807) is 0 Å². The summed E-state index contributed by atoms with van der Waals surface area (Å²) in [6.45, 7) is 5.20. The Balaban J connectivity index is 1.27. The summed E-state index contributed by atoms with van der Waals surface area (Å²) in [4.78, 5) is 0. The molecule has 2 N–H and O–H groups in total. The lowest BCUT2D eigenvalue weighted by Crippen LogP contribution is -2.68. The zero-order valence-corrected chi connectivity index (χ0v) is 24.3. The SMILES string of the molecule is CC12CC3CC(c4ccc(O)c(Cl)c4)(C1)CC(C14CC5CC(C)(CC(c6ccc(O)c(Cl)c6)(C5)C1)C4)(C3)C2. The number of benzene rings is 2. The van der Waals surface area contributed by atoms with Gasteiger partial charge in [-0.25, -0.2) is 0 Å². The summed E-state index contributed by atoms with van der Waals surface area (Å²) in [5, 5.41) is 21.5. The fraction of sp³-hybridized carbons (Fsp3) is 0.647. The first-order valence-electron chi connectivity index (χ1n) is 14.9. The summed E-state index contributed by atoms with van der Waals surface area (Å²) < 4.78 is 0. The highest BCUT2D eigenvalue weighted by Crippen LogP contribution is 2.82. The molecule has 8 fully saturated rings. The van der Waals surface area contributed by atoms with E-state index in [4.69, 9.17) is 23.2 Å². The van der Waals surface area contributed by atoms with E-state index in [2.05, 4.69) is 38.1 Å². The van der Waals surface area contributed by atoms with Gasteiger partial charge < -0.3 is 10.2 Å². The minimum Gasteiger partial charge on any atom is -0.506 e. The molecule has 10 rings (SSSR count). The van der Waals surface area contributed by atoms with Crippen LogP contribution in [0.3, 0.4) is 0 Å². The van der Waals surface area contributed by atoms with Crippen LogP contribution in [-0.2, 0) is 10.8 Å². The van der Waals surface area contributed by atoms with Gasteiger partial charge in [0, 0.05) is 0 Å². The summed E-state index contributed by atoms with van der Waals surface area (Å²) in [5.41, 5.74) is 4.56. The molecule has 8 aliphatic carbocycles. The number of hydrogen-bond acceptors (Lipinski definition) is 2. The van der Waals surface area contributed by atoms with E-state index in [9.17, 15) is 10.2 Å². The number of rotatable bonds is 3. The minimum absolute atomic E-state index is 0.171. The molecule has 8 bridgehead atoms. The highest BCUT2D eigenvalue weighted by atomic mass is 35.5. The number of phenolic OH excluding ortho intramolecular Hbond substituents is 2. The van der Waals surface area contributed by atoms with E-state index >= 15 is 0 Å². The van der Waals surface area contributed by atoms with Crippen LogP contribution in [0.5, 0.6) is 11.5 Å². The van der Waals surface area contributed by atoms with Gasteiger partial charge in [0.25, 0.3) is 0 Å². The van der Waals surface area contributed by atoms with Crippen LogP contribution in [0.15, 0.2) is 36.4 Å². The summed E-state index contributed by atoms with van der Waals surface area (Å²) in [5.74, 6) is 1.96. The Morgan fingerprint density at radius 1 is 0.579 bits per heavy atom. The van der Waals surface area contributed by atoms with Gasteiger partial charge in [-0.1, -0.05) is 49.2 Å². The number of hydrogen-bond donors (Lipinski definition) is 2. The summed E-state index contributed by atoms with van der Waals surface area (Å²) >= 11 is 13.1. The van der Waals surface area contributed by atoms with Crippen molar-refractivity contribution in [1.82, 2.24) is 0 Å². The molecule has 0 aliphatic heterocycles. The van der Waals surface area contributed by atoms with Crippen LogP contribution in [0.2, 0.25) is 10.0 Å². The van der Waals surface area contributed by atoms with E-state index in [0.29, 0.717) is 31.7 Å². The molecule has 0 amide bonds. The van der Waals surface area contributed by atoms with Crippen molar-refractivity contribution in [2.45, 2.75) is 102 Å². The van der Waals surface area contributed by atoms with Gasteiger partial charge in [0.2, 0.25) is 0 Å². The molecule has 0 spiro atoms. The first-order valence-corrected chi connectivity index (χ1v) is 15.6. The number of aromatic hydroxyl groups is 2. The van der Waals surface area contributed by atoms with Crippen LogP contribution >= 0.6 is 23.2 Å². The Labute approximate surface area is 237 Å². The second-order valence-electron chi connectivity index (χ2n) is 16.1. The second-order valence-corrected chi connectivity index (χ2v) is 16.9. The van der Waals surface area contributed by atoms with Crippen LogP contribution in [0, 0.1) is 33.5 Å². The van der Waals surface area contributed by atoms with Crippen molar-refractivity contribution < 1.29 is 10.2 Å². The standard InChI is InChI=1S/C34H40Cl2O2/c1-29-9-21-11-31(15-29,23-3-5-27(37)25(35)7-23)19-33(13-21,17-29)34-14-22-10-30(2,18-34)16-32(12-22,20-34)24-4-6-28(38)26(36)8-24/h3-8,21-22,37-38H,9-20H2,1-2H3. The smallest absolute Gasteiger partial charge is 0.134 e. The molecule has 0 saturated heterocycles. The van der Waals surface area contributed by atoms with E-state index in [1.165, 1.54) is 88.2 Å². The van der Waals surface area contributed by atoms with Crippen molar-refractivity contribution >= 4 is 23.2 Å². The molecule has 0 aromatic heterocycles. The molecule has 0 radical (unpaired) electrons. The predicted molar refractivity (Wildman–Crippen MR) is 153 cm³/mol. The maximum atomic E-state index is 10.2. The van der Waals surface area contributed by atoms with Gasteiger partial charge in [-0.05, 0) is 157 Å². The fourth-order valence-electron chi connectivity index (χ4n) is 13.3. The molecular weight excluding hydrogens is 511 g/mol. The quantitative estimate of drug-likeness (QED) is 0.399. The first-order chi connectivity index (χ1) is 17.9. The summed E-state index contributed by atoms with van der Waals surface area (Å²) in [6, 6.07) is 12.2. The highest BCUT2D eigenvalue weighted by molar-refractivity contribution is 6.32. The van der Waals surface area contributed by atoms with Gasteiger partial charge in [-0.2, -0.15) is 0 Å². The molecule has 8 saturated carbocycles. The lowest BCUT2D eigenvalue weighted by molar-refractivity contribution is -0.244. The van der Waals surface area contributed by atoms with E-state index in [1.807, 2.05) is 12.1 Å². The molecule has 38 heavy (non-hydrogen) atoms. The average molecular weight is 552 g/mol. The molecule has 4 heteroatoms. The van der Waals surface area contributed by atoms with Gasteiger partial charge in [0.1, 0.15) is 11.5 Å². The molecule has 2 aromatic rings. The van der Waals surface area contributed by atoms with E-state index in [-0.39, 0.29) is 22.3 Å². The Hall–Kier alpha value is -1.38. The molecule has 8 aliphatic rings. The second kappa shape index (κ2) is 7.27. The number of phenols is 2. The van der Waals surface area contributed by atoms with Crippen LogP contribution < -0.4 is 0 Å². The van der Waals surface area contributed by atoms with Crippen LogP contribution in [0.4, 0.5) is 0 Å². The molecule has 2 aromatic carbocycles. The van der Waals surface area contributed by atoms with Crippen molar-refractivity contribution in [3.05, 3.63) is 57.6 Å². The van der Waals surface area contributed by atoms with Gasteiger partial charge in [0.05, 0.1) is 10.0 Å².